The number of nitrogens with one attached hydrogen (secondary N) is 1. The molecule has 0 fully saturated rings. The fourth-order valence-electron chi connectivity index (χ4n) is 2.37. The highest BCUT2D eigenvalue weighted by molar-refractivity contribution is 5.91. The van der Waals surface area contributed by atoms with Gasteiger partial charge in [-0.2, -0.15) is 0 Å². The molecule has 25 heavy (non-hydrogen) atoms. The number of carbonyl (C=O) groups is 1. The van der Waals surface area contributed by atoms with E-state index in [0.717, 1.165) is 23.5 Å². The molecule has 0 aliphatic carbocycles. The van der Waals surface area contributed by atoms with Gasteiger partial charge in [-0.1, -0.05) is 44.7 Å². The minimum atomic E-state index is -0.196. The van der Waals surface area contributed by atoms with Crippen LogP contribution in [0, 0.1) is 0 Å². The molecule has 0 aromatic heterocycles. The van der Waals surface area contributed by atoms with Gasteiger partial charge in [-0.3, -0.25) is 4.79 Å². The Morgan fingerprint density at radius 3 is 2.56 bits per heavy atom. The van der Waals surface area contributed by atoms with E-state index in [1.54, 1.807) is 30.3 Å². The maximum atomic E-state index is 12.1. The Morgan fingerprint density at radius 2 is 1.88 bits per heavy atom. The van der Waals surface area contributed by atoms with Crippen LogP contribution in [0.5, 0.6) is 11.5 Å². The van der Waals surface area contributed by atoms with Crippen LogP contribution in [0.2, 0.25) is 0 Å². The Labute approximate surface area is 149 Å². The molecule has 1 atom stereocenters. The molecular weight excluding hydrogens is 314 g/mol. The summed E-state index contributed by atoms with van der Waals surface area (Å²) in [5.41, 5.74) is 1.83. The molecule has 0 saturated carbocycles. The van der Waals surface area contributed by atoms with Crippen molar-refractivity contribution in [2.75, 3.05) is 18.5 Å². The second-order valence-electron chi connectivity index (χ2n) is 5.81. The van der Waals surface area contributed by atoms with Gasteiger partial charge in [-0.25, -0.2) is 0 Å². The van der Waals surface area contributed by atoms with Gasteiger partial charge in [0.05, 0.1) is 0 Å². The van der Waals surface area contributed by atoms with E-state index >= 15 is 0 Å². The fraction of sp³-hybridized carbons (Fsp3) is 0.286. The Hall–Kier alpha value is -2.75. The monoisotopic (exact) mass is 339 g/mol. The molecule has 2 aromatic carbocycles. The summed E-state index contributed by atoms with van der Waals surface area (Å²) < 4.78 is 11.1. The summed E-state index contributed by atoms with van der Waals surface area (Å²) >= 11 is 0. The maximum absolute atomic E-state index is 12.1. The fourth-order valence-corrected chi connectivity index (χ4v) is 2.37. The minimum absolute atomic E-state index is 0.0256. The Morgan fingerprint density at radius 1 is 1.16 bits per heavy atom. The van der Waals surface area contributed by atoms with Gasteiger partial charge < -0.3 is 14.8 Å². The van der Waals surface area contributed by atoms with E-state index < -0.39 is 0 Å². The van der Waals surface area contributed by atoms with Crippen LogP contribution in [0.1, 0.15) is 31.7 Å². The van der Waals surface area contributed by atoms with E-state index in [-0.39, 0.29) is 12.5 Å². The zero-order valence-electron chi connectivity index (χ0n) is 14.8. The third kappa shape index (κ3) is 5.68. The highest BCUT2D eigenvalue weighted by Crippen LogP contribution is 2.28. The molecule has 0 aliphatic rings. The van der Waals surface area contributed by atoms with Gasteiger partial charge in [0.1, 0.15) is 18.1 Å². The molecule has 4 heteroatoms. The van der Waals surface area contributed by atoms with Crippen LogP contribution in [0.3, 0.4) is 0 Å². The quantitative estimate of drug-likeness (QED) is 0.669. The number of amides is 1. The van der Waals surface area contributed by atoms with Crippen molar-refractivity contribution in [3.05, 3.63) is 66.7 Å². The lowest BCUT2D eigenvalue weighted by atomic mass is 9.98. The molecule has 2 aromatic rings. The average Bonchev–Trinajstić information content (AvgIpc) is 2.65. The van der Waals surface area contributed by atoms with E-state index in [2.05, 4.69) is 25.7 Å². The molecule has 0 unspecified atom stereocenters. The lowest BCUT2D eigenvalue weighted by molar-refractivity contribution is -0.118. The van der Waals surface area contributed by atoms with Gasteiger partial charge >= 0.3 is 0 Å². The van der Waals surface area contributed by atoms with Crippen molar-refractivity contribution >= 4 is 11.6 Å². The molecule has 0 aliphatic heterocycles. The molecular formula is C21H25NO3. The largest absolute Gasteiger partial charge is 0.490 e. The predicted molar refractivity (Wildman–Crippen MR) is 101 cm³/mol. The molecule has 1 amide bonds. The number of rotatable bonds is 9. The number of hydrogen-bond donors (Lipinski definition) is 1. The van der Waals surface area contributed by atoms with Crippen LogP contribution >= 0.6 is 0 Å². The minimum Gasteiger partial charge on any atom is -0.490 e. The second-order valence-corrected chi connectivity index (χ2v) is 5.81. The smallest absolute Gasteiger partial charge is 0.262 e. The SMILES string of the molecule is C=CCOc1ccc(NC(=O)COc2ccccc2[C@@H](C)CC)cc1. The zero-order chi connectivity index (χ0) is 18.1. The van der Waals surface area contributed by atoms with Crippen molar-refractivity contribution in [3.63, 3.8) is 0 Å². The highest BCUT2D eigenvalue weighted by Gasteiger charge is 2.11. The predicted octanol–water partition coefficient (Wildman–Crippen LogP) is 4.78. The first kappa shape index (κ1) is 18.6. The number of benzene rings is 2. The van der Waals surface area contributed by atoms with Crippen molar-refractivity contribution < 1.29 is 14.3 Å². The van der Waals surface area contributed by atoms with Crippen LogP contribution in [0.15, 0.2) is 61.2 Å². The standard InChI is InChI=1S/C21H25NO3/c1-4-14-24-18-12-10-17(11-13-18)22-21(23)15-25-20-9-7-6-8-19(20)16(3)5-2/h4,6-13,16H,1,5,14-15H2,2-3H3,(H,22,23)/t16-/m0/s1. The van der Waals surface area contributed by atoms with Gasteiger partial charge in [-0.15, -0.1) is 0 Å². The van der Waals surface area contributed by atoms with E-state index in [0.29, 0.717) is 18.2 Å². The highest BCUT2D eigenvalue weighted by atomic mass is 16.5. The first-order chi connectivity index (χ1) is 12.1. The molecule has 132 valence electrons. The van der Waals surface area contributed by atoms with Crippen molar-refractivity contribution in [2.45, 2.75) is 26.2 Å². The zero-order valence-corrected chi connectivity index (χ0v) is 14.8. The summed E-state index contributed by atoms with van der Waals surface area (Å²) in [6.45, 7) is 8.32. The molecule has 1 N–H and O–H groups in total. The average molecular weight is 339 g/mol. The summed E-state index contributed by atoms with van der Waals surface area (Å²) in [6, 6.07) is 15.1. The summed E-state index contributed by atoms with van der Waals surface area (Å²) in [5, 5.41) is 2.82. The van der Waals surface area contributed by atoms with Gasteiger partial charge in [0.25, 0.3) is 5.91 Å². The van der Waals surface area contributed by atoms with Gasteiger partial charge in [0.2, 0.25) is 0 Å². The van der Waals surface area contributed by atoms with Gasteiger partial charge in [0, 0.05) is 5.69 Å². The van der Waals surface area contributed by atoms with Gasteiger partial charge in [0.15, 0.2) is 6.61 Å². The molecule has 0 heterocycles. The molecule has 4 nitrogen and oxygen atoms in total. The topological polar surface area (TPSA) is 47.6 Å². The number of ether oxygens (including phenoxy) is 2. The summed E-state index contributed by atoms with van der Waals surface area (Å²) in [6.07, 6.45) is 2.71. The van der Waals surface area contributed by atoms with Crippen LogP contribution in [-0.4, -0.2) is 19.1 Å². The normalized spacial score (nSPS) is 11.4. The Bertz CT molecular complexity index is 695. The first-order valence-electron chi connectivity index (χ1n) is 8.49. The van der Waals surface area contributed by atoms with Crippen LogP contribution in [-0.2, 0) is 4.79 Å². The molecule has 2 rings (SSSR count). The summed E-state index contributed by atoms with van der Waals surface area (Å²) in [5.74, 6) is 1.69. The Balaban J connectivity index is 1.90. The van der Waals surface area contributed by atoms with Crippen LogP contribution < -0.4 is 14.8 Å². The first-order valence-corrected chi connectivity index (χ1v) is 8.49. The lowest BCUT2D eigenvalue weighted by Gasteiger charge is -2.15. The molecule has 0 bridgehead atoms. The number of para-hydroxylation sites is 1. The van der Waals surface area contributed by atoms with Crippen molar-refractivity contribution in [1.82, 2.24) is 0 Å². The third-order valence-corrected chi connectivity index (χ3v) is 3.93. The second kappa shape index (κ2) is 9.52. The summed E-state index contributed by atoms with van der Waals surface area (Å²) in [7, 11) is 0. The number of hydrogen-bond acceptors (Lipinski definition) is 3. The third-order valence-electron chi connectivity index (χ3n) is 3.93. The van der Waals surface area contributed by atoms with E-state index in [9.17, 15) is 4.79 Å². The van der Waals surface area contributed by atoms with Crippen LogP contribution in [0.4, 0.5) is 5.69 Å². The lowest BCUT2D eigenvalue weighted by Crippen LogP contribution is -2.20. The number of anilines is 1. The van der Waals surface area contributed by atoms with Crippen LogP contribution in [0.25, 0.3) is 0 Å². The van der Waals surface area contributed by atoms with E-state index in [1.807, 2.05) is 24.3 Å². The Kier molecular flexibility index (Phi) is 7.08. The molecule has 0 saturated heterocycles. The van der Waals surface area contributed by atoms with Crippen molar-refractivity contribution in [3.8, 4) is 11.5 Å². The van der Waals surface area contributed by atoms with Gasteiger partial charge in [-0.05, 0) is 48.2 Å². The maximum Gasteiger partial charge on any atom is 0.262 e. The van der Waals surface area contributed by atoms with E-state index in [1.165, 1.54) is 0 Å². The number of carbonyl (C=O) groups excluding carboxylic acids is 1. The van der Waals surface area contributed by atoms with Crippen molar-refractivity contribution in [1.29, 1.82) is 0 Å². The van der Waals surface area contributed by atoms with E-state index in [4.69, 9.17) is 9.47 Å². The summed E-state index contributed by atoms with van der Waals surface area (Å²) in [4.78, 5) is 12.1. The molecule has 0 radical (unpaired) electrons. The molecule has 0 spiro atoms. The van der Waals surface area contributed by atoms with Crippen molar-refractivity contribution in [2.24, 2.45) is 0 Å².